The molecule has 3 aromatic rings. The SMILES string of the molecule is Clc1cccc(Cn2ccc(-c3cccnc3)n2)c1. The highest BCUT2D eigenvalue weighted by Crippen LogP contribution is 2.16. The Kier molecular flexibility index (Phi) is 3.29. The predicted octanol–water partition coefficient (Wildman–Crippen LogP) is 3.65. The van der Waals surface area contributed by atoms with E-state index in [-0.39, 0.29) is 0 Å². The van der Waals surface area contributed by atoms with Crippen molar-refractivity contribution >= 4 is 11.6 Å². The van der Waals surface area contributed by atoms with Crippen LogP contribution in [0.25, 0.3) is 11.3 Å². The average molecular weight is 270 g/mol. The molecule has 19 heavy (non-hydrogen) atoms. The van der Waals surface area contributed by atoms with Gasteiger partial charge in [0.2, 0.25) is 0 Å². The molecule has 0 bridgehead atoms. The van der Waals surface area contributed by atoms with E-state index < -0.39 is 0 Å². The van der Waals surface area contributed by atoms with Gasteiger partial charge in [0.1, 0.15) is 0 Å². The van der Waals surface area contributed by atoms with Crippen LogP contribution in [0.3, 0.4) is 0 Å². The summed E-state index contributed by atoms with van der Waals surface area (Å²) < 4.78 is 1.90. The molecule has 0 aliphatic heterocycles. The summed E-state index contributed by atoms with van der Waals surface area (Å²) >= 11 is 5.97. The minimum Gasteiger partial charge on any atom is -0.268 e. The van der Waals surface area contributed by atoms with Crippen molar-refractivity contribution in [2.24, 2.45) is 0 Å². The molecule has 2 aromatic heterocycles. The number of rotatable bonds is 3. The Morgan fingerprint density at radius 3 is 2.84 bits per heavy atom. The molecule has 0 atom stereocenters. The van der Waals surface area contributed by atoms with Gasteiger partial charge in [0.25, 0.3) is 0 Å². The third-order valence-corrected chi connectivity index (χ3v) is 3.07. The summed E-state index contributed by atoms with van der Waals surface area (Å²) in [7, 11) is 0. The molecule has 3 nitrogen and oxygen atoms in total. The van der Waals surface area contributed by atoms with Crippen LogP contribution in [0.2, 0.25) is 5.02 Å². The first-order valence-corrected chi connectivity index (χ1v) is 6.37. The van der Waals surface area contributed by atoms with Crippen LogP contribution < -0.4 is 0 Å². The molecule has 0 aliphatic carbocycles. The number of hydrogen-bond donors (Lipinski definition) is 0. The summed E-state index contributed by atoms with van der Waals surface area (Å²) in [4.78, 5) is 4.10. The van der Waals surface area contributed by atoms with Gasteiger partial charge < -0.3 is 0 Å². The minimum absolute atomic E-state index is 0.709. The monoisotopic (exact) mass is 269 g/mol. The van der Waals surface area contributed by atoms with Crippen LogP contribution in [-0.2, 0) is 6.54 Å². The third kappa shape index (κ3) is 2.83. The van der Waals surface area contributed by atoms with Gasteiger partial charge in [-0.15, -0.1) is 0 Å². The second-order valence-corrected chi connectivity index (χ2v) is 4.71. The third-order valence-electron chi connectivity index (χ3n) is 2.83. The van der Waals surface area contributed by atoms with Gasteiger partial charge in [-0.3, -0.25) is 9.67 Å². The fraction of sp³-hybridized carbons (Fsp3) is 0.0667. The topological polar surface area (TPSA) is 30.7 Å². The van der Waals surface area contributed by atoms with Gasteiger partial charge in [0, 0.05) is 29.2 Å². The molecule has 0 unspecified atom stereocenters. The second-order valence-electron chi connectivity index (χ2n) is 4.27. The van der Waals surface area contributed by atoms with E-state index in [4.69, 9.17) is 11.6 Å². The number of hydrogen-bond acceptors (Lipinski definition) is 2. The molecular formula is C15H12ClN3. The largest absolute Gasteiger partial charge is 0.268 e. The Labute approximate surface area is 116 Å². The van der Waals surface area contributed by atoms with Crippen LogP contribution in [0.15, 0.2) is 61.1 Å². The number of pyridine rings is 1. The van der Waals surface area contributed by atoms with Gasteiger partial charge in [-0.25, -0.2) is 0 Å². The van der Waals surface area contributed by atoms with E-state index in [9.17, 15) is 0 Å². The summed E-state index contributed by atoms with van der Waals surface area (Å²) in [5.41, 5.74) is 3.08. The zero-order valence-electron chi connectivity index (χ0n) is 10.2. The van der Waals surface area contributed by atoms with Gasteiger partial charge in [-0.1, -0.05) is 23.7 Å². The van der Waals surface area contributed by atoms with E-state index in [1.165, 1.54) is 0 Å². The number of halogens is 1. The molecule has 4 heteroatoms. The van der Waals surface area contributed by atoms with Gasteiger partial charge in [-0.2, -0.15) is 5.10 Å². The van der Waals surface area contributed by atoms with E-state index in [0.717, 1.165) is 21.8 Å². The predicted molar refractivity (Wildman–Crippen MR) is 76.0 cm³/mol. The first-order valence-electron chi connectivity index (χ1n) is 5.99. The lowest BCUT2D eigenvalue weighted by atomic mass is 10.2. The van der Waals surface area contributed by atoms with Crippen LogP contribution in [0.1, 0.15) is 5.56 Å². The average Bonchev–Trinajstić information content (AvgIpc) is 2.88. The Hall–Kier alpha value is -2.13. The molecule has 2 heterocycles. The molecule has 94 valence electrons. The molecule has 0 N–H and O–H groups in total. The summed E-state index contributed by atoms with van der Waals surface area (Å²) in [5, 5.41) is 5.29. The lowest BCUT2D eigenvalue weighted by Crippen LogP contribution is -2.00. The maximum absolute atomic E-state index is 5.97. The number of benzene rings is 1. The van der Waals surface area contributed by atoms with E-state index in [1.54, 1.807) is 6.20 Å². The van der Waals surface area contributed by atoms with Gasteiger partial charge >= 0.3 is 0 Å². The lowest BCUT2D eigenvalue weighted by molar-refractivity contribution is 0.689. The smallest absolute Gasteiger partial charge is 0.0938 e. The first kappa shape index (κ1) is 11.9. The molecule has 0 amide bonds. The first-order chi connectivity index (χ1) is 9.31. The Bertz CT molecular complexity index is 677. The summed E-state index contributed by atoms with van der Waals surface area (Å²) in [6, 6.07) is 13.7. The zero-order chi connectivity index (χ0) is 13.1. The molecule has 0 saturated heterocycles. The van der Waals surface area contributed by atoms with Crippen LogP contribution >= 0.6 is 11.6 Å². The molecule has 0 aliphatic rings. The quantitative estimate of drug-likeness (QED) is 0.727. The van der Waals surface area contributed by atoms with Crippen LogP contribution in [0, 0.1) is 0 Å². The number of nitrogens with zero attached hydrogens (tertiary/aromatic N) is 3. The molecule has 0 saturated carbocycles. The van der Waals surface area contributed by atoms with Crippen molar-refractivity contribution in [3.8, 4) is 11.3 Å². The standard InChI is InChI=1S/C15H12ClN3/c16-14-5-1-3-12(9-14)11-19-8-6-15(18-19)13-4-2-7-17-10-13/h1-10H,11H2. The van der Waals surface area contributed by atoms with Crippen molar-refractivity contribution in [1.82, 2.24) is 14.8 Å². The molecule has 0 spiro atoms. The normalized spacial score (nSPS) is 10.6. The van der Waals surface area contributed by atoms with E-state index >= 15 is 0 Å². The van der Waals surface area contributed by atoms with Crippen molar-refractivity contribution in [3.05, 3.63) is 71.6 Å². The second kappa shape index (κ2) is 5.24. The van der Waals surface area contributed by atoms with Crippen molar-refractivity contribution in [3.63, 3.8) is 0 Å². The Balaban J connectivity index is 1.82. The molecule has 0 fully saturated rings. The van der Waals surface area contributed by atoms with E-state index in [2.05, 4.69) is 10.1 Å². The highest BCUT2D eigenvalue weighted by atomic mass is 35.5. The summed E-state index contributed by atoms with van der Waals surface area (Å²) in [6.45, 7) is 0.709. The minimum atomic E-state index is 0.709. The summed E-state index contributed by atoms with van der Waals surface area (Å²) in [6.07, 6.45) is 5.53. The zero-order valence-corrected chi connectivity index (χ0v) is 11.0. The van der Waals surface area contributed by atoms with Crippen molar-refractivity contribution in [1.29, 1.82) is 0 Å². The highest BCUT2D eigenvalue weighted by Gasteiger charge is 2.03. The van der Waals surface area contributed by atoms with Crippen LogP contribution in [0.5, 0.6) is 0 Å². The number of aromatic nitrogens is 3. The molecule has 1 aromatic carbocycles. The van der Waals surface area contributed by atoms with Gasteiger partial charge in [0.15, 0.2) is 0 Å². The van der Waals surface area contributed by atoms with Crippen molar-refractivity contribution < 1.29 is 0 Å². The van der Waals surface area contributed by atoms with Crippen molar-refractivity contribution in [2.45, 2.75) is 6.54 Å². The van der Waals surface area contributed by atoms with E-state index in [0.29, 0.717) is 6.54 Å². The maximum atomic E-state index is 5.97. The lowest BCUT2D eigenvalue weighted by Gasteiger charge is -2.02. The van der Waals surface area contributed by atoms with Crippen molar-refractivity contribution in [2.75, 3.05) is 0 Å². The van der Waals surface area contributed by atoms with E-state index in [1.807, 2.05) is 59.5 Å². The fourth-order valence-corrected chi connectivity index (χ4v) is 2.15. The Morgan fingerprint density at radius 2 is 2.05 bits per heavy atom. The highest BCUT2D eigenvalue weighted by molar-refractivity contribution is 6.30. The van der Waals surface area contributed by atoms with Gasteiger partial charge in [0.05, 0.1) is 12.2 Å². The van der Waals surface area contributed by atoms with Crippen LogP contribution in [-0.4, -0.2) is 14.8 Å². The fourth-order valence-electron chi connectivity index (χ4n) is 1.94. The Morgan fingerprint density at radius 1 is 1.11 bits per heavy atom. The molecule has 3 rings (SSSR count). The van der Waals surface area contributed by atoms with Gasteiger partial charge in [-0.05, 0) is 35.9 Å². The molecular weight excluding hydrogens is 258 g/mol. The van der Waals surface area contributed by atoms with Crippen LogP contribution in [0.4, 0.5) is 0 Å². The summed E-state index contributed by atoms with van der Waals surface area (Å²) in [5.74, 6) is 0. The molecule has 0 radical (unpaired) electrons. The maximum Gasteiger partial charge on any atom is 0.0938 e.